The van der Waals surface area contributed by atoms with Gasteiger partial charge in [0.1, 0.15) is 17.6 Å². The normalized spacial score (nSPS) is 16.4. The summed E-state index contributed by atoms with van der Waals surface area (Å²) >= 11 is 1.38. The maximum Gasteiger partial charge on any atom is 0.250 e. The number of rotatable bonds is 4. The summed E-state index contributed by atoms with van der Waals surface area (Å²) in [4.78, 5) is 15.9. The number of thiazole rings is 1. The average Bonchev–Trinajstić information content (AvgIpc) is 3.11. The zero-order valence-electron chi connectivity index (χ0n) is 12.3. The molecule has 1 unspecified atom stereocenters. The third kappa shape index (κ3) is 3.12. The molecule has 22 heavy (non-hydrogen) atoms. The van der Waals surface area contributed by atoms with Crippen molar-refractivity contribution in [1.82, 2.24) is 4.98 Å². The first-order chi connectivity index (χ1) is 10.7. The fraction of sp³-hybridized carbons (Fsp3) is 0.250. The highest BCUT2D eigenvalue weighted by molar-refractivity contribution is 7.13. The van der Waals surface area contributed by atoms with Gasteiger partial charge in [-0.15, -0.1) is 11.3 Å². The molecule has 1 aromatic heterocycles. The molecule has 1 amide bonds. The van der Waals surface area contributed by atoms with Crippen LogP contribution in [0.15, 0.2) is 29.8 Å². The number of anilines is 1. The van der Waals surface area contributed by atoms with Crippen molar-refractivity contribution in [2.24, 2.45) is 0 Å². The Kier molecular flexibility index (Phi) is 4.11. The molecular formula is C16H16N2O3S. The van der Waals surface area contributed by atoms with Crippen molar-refractivity contribution in [1.29, 1.82) is 0 Å². The first-order valence-electron chi connectivity index (χ1n) is 6.92. The predicted molar refractivity (Wildman–Crippen MR) is 86.6 cm³/mol. The molecule has 6 heteroatoms. The lowest BCUT2D eigenvalue weighted by atomic mass is 10.1. The maximum absolute atomic E-state index is 11.9. The number of fused-ring (bicyclic) bond motifs is 1. The summed E-state index contributed by atoms with van der Waals surface area (Å²) in [6.45, 7) is 2.03. The number of aromatic nitrogens is 1. The maximum atomic E-state index is 11.9. The van der Waals surface area contributed by atoms with Crippen LogP contribution in [0.1, 0.15) is 18.1 Å². The van der Waals surface area contributed by atoms with Crippen LogP contribution in [0.4, 0.5) is 5.13 Å². The van der Waals surface area contributed by atoms with Crippen molar-refractivity contribution < 1.29 is 14.3 Å². The third-order valence-electron chi connectivity index (χ3n) is 3.33. The number of carbonyl (C=O) groups excluding carboxylic acids is 1. The van der Waals surface area contributed by atoms with E-state index in [-0.39, 0.29) is 12.0 Å². The fourth-order valence-corrected chi connectivity index (χ4v) is 2.89. The van der Waals surface area contributed by atoms with Crippen LogP contribution in [-0.2, 0) is 11.2 Å². The molecule has 0 radical (unpaired) electrons. The molecule has 0 spiro atoms. The van der Waals surface area contributed by atoms with E-state index in [2.05, 4.69) is 10.3 Å². The van der Waals surface area contributed by atoms with Gasteiger partial charge in [-0.25, -0.2) is 4.98 Å². The molecule has 0 bridgehead atoms. The molecule has 114 valence electrons. The van der Waals surface area contributed by atoms with Gasteiger partial charge in [-0.3, -0.25) is 10.1 Å². The fourth-order valence-electron chi connectivity index (χ4n) is 2.36. The van der Waals surface area contributed by atoms with E-state index in [1.165, 1.54) is 17.4 Å². The summed E-state index contributed by atoms with van der Waals surface area (Å²) in [6.07, 6.45) is 5.87. The van der Waals surface area contributed by atoms with E-state index in [9.17, 15) is 4.79 Å². The van der Waals surface area contributed by atoms with Crippen LogP contribution in [0, 0.1) is 0 Å². The minimum atomic E-state index is -0.230. The SMILES string of the molecule is COc1cc2c(cc1C=CC(=O)Nc1nccs1)OC(C)C2. The van der Waals surface area contributed by atoms with Crippen molar-refractivity contribution in [2.75, 3.05) is 12.4 Å². The molecule has 0 aliphatic carbocycles. The number of hydrogen-bond acceptors (Lipinski definition) is 5. The van der Waals surface area contributed by atoms with Gasteiger partial charge >= 0.3 is 0 Å². The number of nitrogens with zero attached hydrogens (tertiary/aromatic N) is 1. The van der Waals surface area contributed by atoms with Gasteiger partial charge in [-0.1, -0.05) is 0 Å². The summed E-state index contributed by atoms with van der Waals surface area (Å²) in [5.74, 6) is 1.36. The Morgan fingerprint density at radius 1 is 1.55 bits per heavy atom. The van der Waals surface area contributed by atoms with Crippen molar-refractivity contribution in [3.63, 3.8) is 0 Å². The van der Waals surface area contributed by atoms with Gasteiger partial charge in [-0.05, 0) is 25.1 Å². The first kappa shape index (κ1) is 14.6. The molecule has 0 saturated carbocycles. The molecule has 5 nitrogen and oxygen atoms in total. The molecule has 1 atom stereocenters. The van der Waals surface area contributed by atoms with Crippen LogP contribution < -0.4 is 14.8 Å². The van der Waals surface area contributed by atoms with Crippen molar-refractivity contribution >= 4 is 28.5 Å². The number of benzene rings is 1. The molecule has 1 N–H and O–H groups in total. The zero-order chi connectivity index (χ0) is 15.5. The smallest absolute Gasteiger partial charge is 0.250 e. The molecule has 1 aliphatic heterocycles. The Morgan fingerprint density at radius 2 is 2.41 bits per heavy atom. The molecular weight excluding hydrogens is 300 g/mol. The Bertz CT molecular complexity index is 710. The molecule has 1 aromatic carbocycles. The summed E-state index contributed by atoms with van der Waals surface area (Å²) in [5, 5.41) is 5.08. The van der Waals surface area contributed by atoms with Crippen molar-refractivity contribution in [2.45, 2.75) is 19.4 Å². The Balaban J connectivity index is 1.78. The zero-order valence-corrected chi connectivity index (χ0v) is 13.1. The van der Waals surface area contributed by atoms with Gasteiger partial charge in [0, 0.05) is 35.2 Å². The number of methoxy groups -OCH3 is 1. The topological polar surface area (TPSA) is 60.5 Å². The van der Waals surface area contributed by atoms with Crippen LogP contribution in [0.3, 0.4) is 0 Å². The number of carbonyl (C=O) groups is 1. The monoisotopic (exact) mass is 316 g/mol. The molecule has 0 fully saturated rings. The summed E-state index contributed by atoms with van der Waals surface area (Å²) in [5.41, 5.74) is 1.94. The summed E-state index contributed by atoms with van der Waals surface area (Å²) in [6, 6.07) is 3.88. The van der Waals surface area contributed by atoms with Crippen LogP contribution in [0.25, 0.3) is 6.08 Å². The average molecular weight is 316 g/mol. The van der Waals surface area contributed by atoms with E-state index in [1.807, 2.05) is 19.1 Å². The lowest BCUT2D eigenvalue weighted by Crippen LogP contribution is -2.07. The highest BCUT2D eigenvalue weighted by Crippen LogP contribution is 2.35. The van der Waals surface area contributed by atoms with E-state index < -0.39 is 0 Å². The number of amides is 1. The van der Waals surface area contributed by atoms with Crippen molar-refractivity contribution in [3.05, 3.63) is 40.9 Å². The van der Waals surface area contributed by atoms with Gasteiger partial charge in [0.05, 0.1) is 7.11 Å². The lowest BCUT2D eigenvalue weighted by molar-refractivity contribution is -0.111. The Hall–Kier alpha value is -2.34. The Labute approximate surface area is 132 Å². The summed E-state index contributed by atoms with van der Waals surface area (Å²) < 4.78 is 11.1. The van der Waals surface area contributed by atoms with E-state index in [1.54, 1.807) is 24.8 Å². The highest BCUT2D eigenvalue weighted by atomic mass is 32.1. The van der Waals surface area contributed by atoms with E-state index in [0.717, 1.165) is 29.0 Å². The second-order valence-corrected chi connectivity index (χ2v) is 5.89. The van der Waals surface area contributed by atoms with Crippen LogP contribution in [-0.4, -0.2) is 24.1 Å². The van der Waals surface area contributed by atoms with Gasteiger partial charge in [0.15, 0.2) is 5.13 Å². The molecule has 2 aromatic rings. The molecule has 0 saturated heterocycles. The van der Waals surface area contributed by atoms with E-state index in [4.69, 9.17) is 9.47 Å². The highest BCUT2D eigenvalue weighted by Gasteiger charge is 2.21. The second kappa shape index (κ2) is 6.19. The van der Waals surface area contributed by atoms with Crippen LogP contribution in [0.5, 0.6) is 11.5 Å². The van der Waals surface area contributed by atoms with Crippen LogP contribution in [0.2, 0.25) is 0 Å². The number of ether oxygens (including phenoxy) is 2. The van der Waals surface area contributed by atoms with Gasteiger partial charge in [-0.2, -0.15) is 0 Å². The number of nitrogens with one attached hydrogen (secondary N) is 1. The largest absolute Gasteiger partial charge is 0.496 e. The molecule has 1 aliphatic rings. The van der Waals surface area contributed by atoms with Gasteiger partial charge < -0.3 is 9.47 Å². The minimum absolute atomic E-state index is 0.173. The predicted octanol–water partition coefficient (Wildman–Crippen LogP) is 3.13. The third-order valence-corrected chi connectivity index (χ3v) is 4.01. The quantitative estimate of drug-likeness (QED) is 0.880. The standard InChI is InChI=1S/C16H16N2O3S/c1-10-7-12-9-13(20-2)11(8-14(12)21-10)3-4-15(19)18-16-17-5-6-22-16/h3-6,8-10H,7H2,1-2H3,(H,17,18,19). The lowest BCUT2D eigenvalue weighted by Gasteiger charge is -2.08. The molecule has 2 heterocycles. The van der Waals surface area contributed by atoms with E-state index in [0.29, 0.717) is 5.13 Å². The summed E-state index contributed by atoms with van der Waals surface area (Å²) in [7, 11) is 1.62. The van der Waals surface area contributed by atoms with Crippen LogP contribution >= 0.6 is 11.3 Å². The van der Waals surface area contributed by atoms with Gasteiger partial charge in [0.2, 0.25) is 5.91 Å². The second-order valence-electron chi connectivity index (χ2n) is 4.99. The van der Waals surface area contributed by atoms with Crippen molar-refractivity contribution in [3.8, 4) is 11.5 Å². The van der Waals surface area contributed by atoms with E-state index >= 15 is 0 Å². The Morgan fingerprint density at radius 3 is 3.14 bits per heavy atom. The van der Waals surface area contributed by atoms with Gasteiger partial charge in [0.25, 0.3) is 0 Å². The first-order valence-corrected chi connectivity index (χ1v) is 7.80. The minimum Gasteiger partial charge on any atom is -0.496 e. The molecule has 3 rings (SSSR count). The number of hydrogen-bond donors (Lipinski definition) is 1.